The molecule has 9 heteroatoms. The van der Waals surface area contributed by atoms with Gasteiger partial charge in [0.15, 0.2) is 5.65 Å². The smallest absolute Gasteiger partial charge is 0.437 e. The predicted molar refractivity (Wildman–Crippen MR) is 134 cm³/mol. The lowest BCUT2D eigenvalue weighted by molar-refractivity contribution is 0.119. The van der Waals surface area contributed by atoms with E-state index in [0.29, 0.717) is 16.9 Å². The maximum absolute atomic E-state index is 11.9. The molecule has 6 rings (SSSR count). The maximum Gasteiger partial charge on any atom is 0.514 e. The van der Waals surface area contributed by atoms with Crippen LogP contribution in [0.5, 0.6) is 5.88 Å². The summed E-state index contributed by atoms with van der Waals surface area (Å²) in [4.78, 5) is 16.9. The predicted octanol–water partition coefficient (Wildman–Crippen LogP) is 4.94. The summed E-state index contributed by atoms with van der Waals surface area (Å²) >= 11 is 0. The lowest BCUT2D eigenvalue weighted by atomic mass is 9.72. The van der Waals surface area contributed by atoms with Gasteiger partial charge < -0.3 is 15.2 Å². The Hall–Kier alpha value is -4.50. The third-order valence-corrected chi connectivity index (χ3v) is 6.72. The molecule has 0 unspecified atom stereocenters. The van der Waals surface area contributed by atoms with Crippen molar-refractivity contribution >= 4 is 11.8 Å². The molecule has 0 bridgehead atoms. The summed E-state index contributed by atoms with van der Waals surface area (Å²) in [6, 6.07) is 21.6. The summed E-state index contributed by atoms with van der Waals surface area (Å²) in [5.74, 6) is 0.0684. The molecule has 2 aromatic carbocycles. The number of aromatic nitrogens is 5. The molecular weight excluding hydrogens is 456 g/mol. The molecule has 9 nitrogen and oxygen atoms in total. The zero-order valence-corrected chi connectivity index (χ0v) is 19.6. The molecule has 1 aliphatic rings. The summed E-state index contributed by atoms with van der Waals surface area (Å²) in [6.45, 7) is 0. The highest BCUT2D eigenvalue weighted by atomic mass is 16.7. The quantitative estimate of drug-likeness (QED) is 0.342. The number of hydrogen-bond donors (Lipinski definition) is 2. The van der Waals surface area contributed by atoms with Crippen LogP contribution in [0.15, 0.2) is 72.9 Å². The van der Waals surface area contributed by atoms with E-state index in [4.69, 9.17) is 15.5 Å². The molecule has 180 valence electrons. The van der Waals surface area contributed by atoms with E-state index in [1.807, 2.05) is 36.4 Å². The van der Waals surface area contributed by atoms with E-state index in [-0.39, 0.29) is 11.4 Å². The maximum atomic E-state index is 11.9. The highest BCUT2D eigenvalue weighted by molar-refractivity contribution is 5.87. The first-order valence-electron chi connectivity index (χ1n) is 11.7. The van der Waals surface area contributed by atoms with Gasteiger partial charge in [0.25, 0.3) is 0 Å². The SMILES string of the molecule is COC(=O)Oc1cc(-c2cc[nH]n2)c2nc(-c3ccc(C4(N)CCC4)cc3)c(-c3ccccc3)n2n1. The number of nitrogens with two attached hydrogens (primary N) is 1. The minimum atomic E-state index is -0.862. The number of nitrogens with zero attached hydrogens (tertiary/aromatic N) is 4. The number of H-pyrrole nitrogens is 1. The van der Waals surface area contributed by atoms with Crippen molar-refractivity contribution in [3.8, 4) is 39.7 Å². The standard InChI is InChI=1S/C27H24N6O3/c1-35-26(34)36-22-16-20(21-12-15-29-31-21)25-30-23(24(33(25)32-22)18-6-3-2-4-7-18)17-8-10-19(11-9-17)27(28)13-5-14-27/h2-4,6-12,15-16H,5,13-14,28H2,1H3,(H,29,31). The highest BCUT2D eigenvalue weighted by Crippen LogP contribution is 2.40. The van der Waals surface area contributed by atoms with E-state index < -0.39 is 6.16 Å². The first kappa shape index (κ1) is 22.0. The Kier molecular flexibility index (Phi) is 5.26. The molecule has 0 radical (unpaired) electrons. The summed E-state index contributed by atoms with van der Waals surface area (Å²) in [5, 5.41) is 11.8. The van der Waals surface area contributed by atoms with Crippen molar-refractivity contribution in [2.75, 3.05) is 7.11 Å². The topological polar surface area (TPSA) is 120 Å². The number of carbonyl (C=O) groups excluding carboxylic acids is 1. The molecule has 36 heavy (non-hydrogen) atoms. The van der Waals surface area contributed by atoms with Crippen molar-refractivity contribution in [3.05, 3.63) is 78.5 Å². The van der Waals surface area contributed by atoms with E-state index >= 15 is 0 Å². The van der Waals surface area contributed by atoms with Gasteiger partial charge in [-0.25, -0.2) is 14.3 Å². The van der Waals surface area contributed by atoms with Gasteiger partial charge in [0.2, 0.25) is 5.88 Å². The third kappa shape index (κ3) is 3.70. The molecule has 0 saturated heterocycles. The van der Waals surface area contributed by atoms with Crippen LogP contribution in [0.4, 0.5) is 4.79 Å². The first-order valence-corrected chi connectivity index (χ1v) is 11.7. The second-order valence-electron chi connectivity index (χ2n) is 8.91. The summed E-state index contributed by atoms with van der Waals surface area (Å²) in [6.07, 6.45) is 4.00. The fraction of sp³-hybridized carbons (Fsp3) is 0.185. The molecule has 1 aliphatic carbocycles. The van der Waals surface area contributed by atoms with Crippen LogP contribution in [0.1, 0.15) is 24.8 Å². The van der Waals surface area contributed by atoms with E-state index in [2.05, 4.69) is 44.3 Å². The van der Waals surface area contributed by atoms with Gasteiger partial charge in [0.05, 0.1) is 24.1 Å². The molecule has 0 aliphatic heterocycles. The van der Waals surface area contributed by atoms with Crippen LogP contribution in [-0.2, 0) is 10.3 Å². The number of imidazole rings is 1. The van der Waals surface area contributed by atoms with Gasteiger partial charge >= 0.3 is 6.16 Å². The van der Waals surface area contributed by atoms with Crippen molar-refractivity contribution in [1.29, 1.82) is 0 Å². The Morgan fingerprint density at radius 3 is 2.47 bits per heavy atom. The van der Waals surface area contributed by atoms with Crippen molar-refractivity contribution in [2.45, 2.75) is 24.8 Å². The van der Waals surface area contributed by atoms with Crippen LogP contribution < -0.4 is 10.5 Å². The summed E-state index contributed by atoms with van der Waals surface area (Å²) in [7, 11) is 1.25. The number of rotatable bonds is 5. The number of ether oxygens (including phenoxy) is 2. The number of hydrogen-bond acceptors (Lipinski definition) is 7. The number of carbonyl (C=O) groups is 1. The molecule has 3 aromatic heterocycles. The lowest BCUT2D eigenvalue weighted by Crippen LogP contribution is -2.43. The molecule has 0 spiro atoms. The molecule has 1 fully saturated rings. The van der Waals surface area contributed by atoms with E-state index in [1.54, 1.807) is 16.8 Å². The van der Waals surface area contributed by atoms with Crippen LogP contribution in [-0.4, -0.2) is 38.1 Å². The zero-order chi connectivity index (χ0) is 24.7. The van der Waals surface area contributed by atoms with Crippen LogP contribution in [0, 0.1) is 0 Å². The second kappa shape index (κ2) is 8.62. The van der Waals surface area contributed by atoms with Gasteiger partial charge in [0, 0.05) is 28.9 Å². The minimum absolute atomic E-state index is 0.0684. The Morgan fingerprint density at radius 1 is 1.06 bits per heavy atom. The molecule has 0 amide bonds. The van der Waals surface area contributed by atoms with Gasteiger partial charge in [-0.15, -0.1) is 5.10 Å². The van der Waals surface area contributed by atoms with Crippen molar-refractivity contribution in [3.63, 3.8) is 0 Å². The second-order valence-corrected chi connectivity index (χ2v) is 8.91. The lowest BCUT2D eigenvalue weighted by Gasteiger charge is -2.38. The third-order valence-electron chi connectivity index (χ3n) is 6.72. The Morgan fingerprint density at radius 2 is 1.83 bits per heavy atom. The largest absolute Gasteiger partial charge is 0.514 e. The number of benzene rings is 2. The van der Waals surface area contributed by atoms with Crippen LogP contribution >= 0.6 is 0 Å². The fourth-order valence-corrected chi connectivity index (χ4v) is 4.64. The van der Waals surface area contributed by atoms with E-state index in [9.17, 15) is 4.79 Å². The van der Waals surface area contributed by atoms with Gasteiger partial charge in [-0.05, 0) is 30.9 Å². The molecule has 1 saturated carbocycles. The Balaban J connectivity index is 1.59. The molecule has 5 aromatic rings. The number of aromatic amines is 1. The molecular formula is C27H24N6O3. The summed E-state index contributed by atoms with van der Waals surface area (Å²) in [5.41, 5.74) is 12.6. The van der Waals surface area contributed by atoms with Gasteiger partial charge in [-0.2, -0.15) is 5.10 Å². The zero-order valence-electron chi connectivity index (χ0n) is 19.6. The number of nitrogens with one attached hydrogen (secondary N) is 1. The average molecular weight is 481 g/mol. The van der Waals surface area contributed by atoms with Crippen molar-refractivity contribution in [2.24, 2.45) is 5.73 Å². The van der Waals surface area contributed by atoms with Crippen molar-refractivity contribution < 1.29 is 14.3 Å². The van der Waals surface area contributed by atoms with Crippen LogP contribution in [0.25, 0.3) is 39.4 Å². The minimum Gasteiger partial charge on any atom is -0.437 e. The van der Waals surface area contributed by atoms with Crippen molar-refractivity contribution in [1.82, 2.24) is 24.8 Å². The van der Waals surface area contributed by atoms with Crippen LogP contribution in [0.2, 0.25) is 0 Å². The monoisotopic (exact) mass is 480 g/mol. The first-order chi connectivity index (χ1) is 17.6. The Labute approximate surface area is 206 Å². The normalized spacial score (nSPS) is 14.4. The fourth-order valence-electron chi connectivity index (χ4n) is 4.64. The van der Waals surface area contributed by atoms with Gasteiger partial charge in [0.1, 0.15) is 5.69 Å². The van der Waals surface area contributed by atoms with Gasteiger partial charge in [-0.3, -0.25) is 5.10 Å². The highest BCUT2D eigenvalue weighted by Gasteiger charge is 2.34. The number of fused-ring (bicyclic) bond motifs is 1. The van der Waals surface area contributed by atoms with E-state index in [0.717, 1.165) is 47.3 Å². The molecule has 3 N–H and O–H groups in total. The molecule has 3 heterocycles. The van der Waals surface area contributed by atoms with Crippen LogP contribution in [0.3, 0.4) is 0 Å². The Bertz CT molecular complexity index is 1540. The number of methoxy groups -OCH3 is 1. The van der Waals surface area contributed by atoms with E-state index in [1.165, 1.54) is 7.11 Å². The average Bonchev–Trinajstić information content (AvgIpc) is 3.56. The summed E-state index contributed by atoms with van der Waals surface area (Å²) < 4.78 is 11.7. The molecule has 0 atom stereocenters. The van der Waals surface area contributed by atoms with Gasteiger partial charge in [-0.1, -0.05) is 54.6 Å².